The SMILES string of the molecule is Cc1ccc(Cn2cc3c(n2)-c2c(oc(C(=O)O)c2C)CC32CC2)cn1. The van der Waals surface area contributed by atoms with Crippen LogP contribution in [0.2, 0.25) is 0 Å². The number of rotatable bonds is 3. The smallest absolute Gasteiger partial charge is 0.372 e. The highest BCUT2D eigenvalue weighted by Crippen LogP contribution is 2.58. The molecule has 6 nitrogen and oxygen atoms in total. The van der Waals surface area contributed by atoms with Crippen molar-refractivity contribution >= 4 is 5.97 Å². The van der Waals surface area contributed by atoms with Crippen molar-refractivity contribution in [2.75, 3.05) is 0 Å². The monoisotopic (exact) mass is 349 g/mol. The molecule has 132 valence electrons. The van der Waals surface area contributed by atoms with Crippen LogP contribution >= 0.6 is 0 Å². The maximum atomic E-state index is 11.5. The third-order valence-corrected chi connectivity index (χ3v) is 5.65. The van der Waals surface area contributed by atoms with Crippen LogP contribution in [0.5, 0.6) is 0 Å². The van der Waals surface area contributed by atoms with Gasteiger partial charge in [0.15, 0.2) is 0 Å². The summed E-state index contributed by atoms with van der Waals surface area (Å²) in [5, 5.41) is 14.2. The molecule has 1 N–H and O–H groups in total. The van der Waals surface area contributed by atoms with Crippen LogP contribution in [-0.2, 0) is 18.4 Å². The summed E-state index contributed by atoms with van der Waals surface area (Å²) in [5.41, 5.74) is 5.82. The number of carboxylic acids is 1. The van der Waals surface area contributed by atoms with Crippen molar-refractivity contribution < 1.29 is 14.3 Å². The number of carboxylic acid groups (broad SMARTS) is 1. The fourth-order valence-corrected chi connectivity index (χ4v) is 4.07. The van der Waals surface area contributed by atoms with Gasteiger partial charge in [0.2, 0.25) is 5.76 Å². The van der Waals surface area contributed by atoms with Gasteiger partial charge in [0.1, 0.15) is 5.76 Å². The lowest BCUT2D eigenvalue weighted by molar-refractivity contribution is 0.0659. The van der Waals surface area contributed by atoms with Gasteiger partial charge < -0.3 is 9.52 Å². The molecule has 0 atom stereocenters. The molecule has 3 aromatic heterocycles. The zero-order valence-corrected chi connectivity index (χ0v) is 14.7. The molecule has 0 aromatic carbocycles. The normalized spacial score (nSPS) is 16.4. The predicted molar refractivity (Wildman–Crippen MR) is 94.3 cm³/mol. The van der Waals surface area contributed by atoms with E-state index in [0.717, 1.165) is 47.5 Å². The maximum Gasteiger partial charge on any atom is 0.372 e. The van der Waals surface area contributed by atoms with E-state index < -0.39 is 5.97 Å². The topological polar surface area (TPSA) is 81.2 Å². The first-order valence-electron chi connectivity index (χ1n) is 8.82. The second-order valence-corrected chi connectivity index (χ2v) is 7.51. The van der Waals surface area contributed by atoms with Gasteiger partial charge in [0.25, 0.3) is 0 Å². The highest BCUT2D eigenvalue weighted by atomic mass is 16.4. The van der Waals surface area contributed by atoms with Crippen molar-refractivity contribution in [1.29, 1.82) is 0 Å². The number of carbonyl (C=O) groups is 1. The summed E-state index contributed by atoms with van der Waals surface area (Å²) in [4.78, 5) is 15.8. The van der Waals surface area contributed by atoms with Gasteiger partial charge in [-0.05, 0) is 38.3 Å². The largest absolute Gasteiger partial charge is 0.475 e. The summed E-state index contributed by atoms with van der Waals surface area (Å²) in [6, 6.07) is 4.06. The number of aromatic nitrogens is 3. The Morgan fingerprint density at radius 3 is 2.81 bits per heavy atom. The summed E-state index contributed by atoms with van der Waals surface area (Å²) in [7, 11) is 0. The first-order chi connectivity index (χ1) is 12.5. The molecule has 0 aliphatic heterocycles. The molecule has 0 unspecified atom stereocenters. The third-order valence-electron chi connectivity index (χ3n) is 5.65. The number of fused-ring (bicyclic) bond motifs is 4. The maximum absolute atomic E-state index is 11.5. The Morgan fingerprint density at radius 2 is 2.15 bits per heavy atom. The Kier molecular flexibility index (Phi) is 2.99. The van der Waals surface area contributed by atoms with Crippen molar-refractivity contribution in [1.82, 2.24) is 14.8 Å². The van der Waals surface area contributed by atoms with Gasteiger partial charge in [0.05, 0.1) is 12.2 Å². The summed E-state index contributed by atoms with van der Waals surface area (Å²) in [6.45, 7) is 4.42. The van der Waals surface area contributed by atoms with Gasteiger partial charge in [-0.1, -0.05) is 6.07 Å². The van der Waals surface area contributed by atoms with Crippen LogP contribution in [0.3, 0.4) is 0 Å². The Balaban J connectivity index is 1.61. The number of nitrogens with zero attached hydrogens (tertiary/aromatic N) is 3. The van der Waals surface area contributed by atoms with Gasteiger partial charge in [-0.3, -0.25) is 9.67 Å². The summed E-state index contributed by atoms with van der Waals surface area (Å²) < 4.78 is 7.66. The Morgan fingerprint density at radius 1 is 1.35 bits per heavy atom. The molecule has 0 radical (unpaired) electrons. The minimum Gasteiger partial charge on any atom is -0.475 e. The summed E-state index contributed by atoms with van der Waals surface area (Å²) >= 11 is 0. The zero-order chi connectivity index (χ0) is 18.1. The van der Waals surface area contributed by atoms with Gasteiger partial charge in [-0.2, -0.15) is 5.10 Å². The number of aromatic carboxylic acids is 1. The van der Waals surface area contributed by atoms with Crippen LogP contribution in [0.1, 0.15) is 51.5 Å². The lowest BCUT2D eigenvalue weighted by atomic mass is 9.82. The van der Waals surface area contributed by atoms with Crippen LogP contribution in [0.15, 0.2) is 28.9 Å². The average molecular weight is 349 g/mol. The van der Waals surface area contributed by atoms with E-state index in [1.54, 1.807) is 0 Å². The van der Waals surface area contributed by atoms with Crippen molar-refractivity contribution in [2.45, 2.75) is 45.1 Å². The second-order valence-electron chi connectivity index (χ2n) is 7.51. The predicted octanol–water partition coefficient (Wildman–Crippen LogP) is 3.49. The van der Waals surface area contributed by atoms with E-state index in [2.05, 4.69) is 17.2 Å². The highest BCUT2D eigenvalue weighted by molar-refractivity contribution is 5.90. The van der Waals surface area contributed by atoms with E-state index in [1.165, 1.54) is 5.56 Å². The molecule has 1 fully saturated rings. The Bertz CT molecular complexity index is 1040. The van der Waals surface area contributed by atoms with E-state index in [0.29, 0.717) is 12.1 Å². The lowest BCUT2D eigenvalue weighted by Crippen LogP contribution is -2.15. The zero-order valence-electron chi connectivity index (χ0n) is 14.7. The Hall–Kier alpha value is -2.89. The fraction of sp³-hybridized carbons (Fsp3) is 0.350. The van der Waals surface area contributed by atoms with Crippen LogP contribution in [0.4, 0.5) is 0 Å². The van der Waals surface area contributed by atoms with Crippen molar-refractivity contribution in [3.63, 3.8) is 0 Å². The summed E-state index contributed by atoms with van der Waals surface area (Å²) in [6.07, 6.45) is 6.96. The van der Waals surface area contributed by atoms with Gasteiger partial charge in [0, 0.05) is 46.6 Å². The van der Waals surface area contributed by atoms with Crippen LogP contribution in [-0.4, -0.2) is 25.8 Å². The lowest BCUT2D eigenvalue weighted by Gasteiger charge is -2.19. The molecular formula is C20H19N3O3. The average Bonchev–Trinajstić information content (AvgIpc) is 3.10. The highest BCUT2D eigenvalue weighted by Gasteiger charge is 2.52. The van der Waals surface area contributed by atoms with E-state index in [9.17, 15) is 9.90 Å². The van der Waals surface area contributed by atoms with Crippen LogP contribution < -0.4 is 0 Å². The standard InChI is InChI=1S/C20H19N3O3/c1-11-3-4-13(8-21-11)9-23-10-14-17(22-23)16-12(2)18(19(24)25)26-15(16)7-20(14)5-6-20/h3-4,8,10H,5-7,9H2,1-2H3,(H,24,25). The molecule has 5 rings (SSSR count). The van der Waals surface area contributed by atoms with Gasteiger partial charge in [-0.25, -0.2) is 4.79 Å². The van der Waals surface area contributed by atoms with Crippen molar-refractivity contribution in [2.24, 2.45) is 0 Å². The molecule has 3 aromatic rings. The second kappa shape index (κ2) is 5.06. The van der Waals surface area contributed by atoms with E-state index in [1.807, 2.05) is 30.8 Å². The molecule has 2 aliphatic carbocycles. The first-order valence-corrected chi connectivity index (χ1v) is 8.82. The molecule has 0 bridgehead atoms. The number of furan rings is 1. The minimum absolute atomic E-state index is 0.0379. The fourth-order valence-electron chi connectivity index (χ4n) is 4.07. The van der Waals surface area contributed by atoms with E-state index in [-0.39, 0.29) is 11.2 Å². The van der Waals surface area contributed by atoms with Crippen molar-refractivity contribution in [3.05, 3.63) is 58.4 Å². The molecule has 1 saturated carbocycles. The van der Waals surface area contributed by atoms with Crippen molar-refractivity contribution in [3.8, 4) is 11.3 Å². The molecule has 3 heterocycles. The number of pyridine rings is 1. The quantitative estimate of drug-likeness (QED) is 0.783. The van der Waals surface area contributed by atoms with Gasteiger partial charge in [-0.15, -0.1) is 0 Å². The molecule has 6 heteroatoms. The number of hydrogen-bond acceptors (Lipinski definition) is 4. The number of hydrogen-bond donors (Lipinski definition) is 1. The van der Waals surface area contributed by atoms with Gasteiger partial charge >= 0.3 is 5.97 Å². The first kappa shape index (κ1) is 15.4. The molecule has 0 amide bonds. The van der Waals surface area contributed by atoms with E-state index >= 15 is 0 Å². The summed E-state index contributed by atoms with van der Waals surface area (Å²) in [5.74, 6) is -0.212. The molecule has 1 spiro atoms. The molecule has 2 aliphatic rings. The molecule has 0 saturated heterocycles. The minimum atomic E-state index is -1.02. The molecular weight excluding hydrogens is 330 g/mol. The molecule has 26 heavy (non-hydrogen) atoms. The van der Waals surface area contributed by atoms with Crippen LogP contribution in [0, 0.1) is 13.8 Å². The van der Waals surface area contributed by atoms with E-state index in [4.69, 9.17) is 9.52 Å². The number of aryl methyl sites for hydroxylation is 1. The third kappa shape index (κ3) is 2.14. The Labute approximate surface area is 150 Å². The van der Waals surface area contributed by atoms with Crippen LogP contribution in [0.25, 0.3) is 11.3 Å².